The summed E-state index contributed by atoms with van der Waals surface area (Å²) in [5.74, 6) is 3.30. The number of fused-ring (bicyclic) bond motifs is 1. The number of nitrogens with one attached hydrogen (secondary N) is 3. The lowest BCUT2D eigenvalue weighted by Gasteiger charge is -2.31. The van der Waals surface area contributed by atoms with Crippen LogP contribution in [0.15, 0.2) is 12.1 Å². The van der Waals surface area contributed by atoms with Crippen molar-refractivity contribution < 1.29 is 19.0 Å². The van der Waals surface area contributed by atoms with Gasteiger partial charge in [-0.2, -0.15) is 4.98 Å². The molecule has 1 fully saturated rings. The molecule has 10 nitrogen and oxygen atoms in total. The van der Waals surface area contributed by atoms with Crippen molar-refractivity contribution in [3.8, 4) is 17.2 Å². The first-order valence-electron chi connectivity index (χ1n) is 13.8. The molecule has 0 atom stereocenters. The molecular formula is C28H42N6O4. The van der Waals surface area contributed by atoms with Gasteiger partial charge in [0.1, 0.15) is 5.82 Å². The van der Waals surface area contributed by atoms with E-state index in [0.29, 0.717) is 22.9 Å². The van der Waals surface area contributed by atoms with E-state index in [4.69, 9.17) is 24.2 Å². The number of rotatable bonds is 10. The zero-order valence-corrected chi connectivity index (χ0v) is 23.4. The third kappa shape index (κ3) is 6.34. The maximum atomic E-state index is 12.7. The van der Waals surface area contributed by atoms with E-state index in [1.54, 1.807) is 33.5 Å². The van der Waals surface area contributed by atoms with Gasteiger partial charge >= 0.3 is 6.03 Å². The predicted molar refractivity (Wildman–Crippen MR) is 150 cm³/mol. The molecule has 0 radical (unpaired) electrons. The highest BCUT2D eigenvalue weighted by molar-refractivity contribution is 5.90. The van der Waals surface area contributed by atoms with Crippen molar-refractivity contribution in [1.29, 1.82) is 0 Å². The minimum atomic E-state index is -0.252. The maximum absolute atomic E-state index is 12.7. The molecule has 10 heteroatoms. The Bertz CT molecular complexity index is 1070. The van der Waals surface area contributed by atoms with Crippen molar-refractivity contribution in [3.63, 3.8) is 0 Å². The van der Waals surface area contributed by atoms with Crippen molar-refractivity contribution in [1.82, 2.24) is 15.3 Å². The zero-order valence-electron chi connectivity index (χ0n) is 23.4. The number of amides is 2. The zero-order chi connectivity index (χ0) is 27.1. The minimum absolute atomic E-state index is 0.103. The molecule has 0 saturated heterocycles. The highest BCUT2D eigenvalue weighted by Crippen LogP contribution is 2.40. The summed E-state index contributed by atoms with van der Waals surface area (Å²) in [7, 11) is 4.65. The van der Waals surface area contributed by atoms with Crippen LogP contribution in [0.25, 0.3) is 0 Å². The molecule has 1 aromatic carbocycles. The summed E-state index contributed by atoms with van der Waals surface area (Å²) in [6.07, 6.45) is 8.14. The van der Waals surface area contributed by atoms with Gasteiger partial charge in [0, 0.05) is 42.9 Å². The van der Waals surface area contributed by atoms with Crippen LogP contribution in [0.3, 0.4) is 0 Å². The minimum Gasteiger partial charge on any atom is -0.493 e. The van der Waals surface area contributed by atoms with Gasteiger partial charge in [0.05, 0.1) is 32.7 Å². The summed E-state index contributed by atoms with van der Waals surface area (Å²) >= 11 is 0. The Kier molecular flexibility index (Phi) is 9.36. The molecule has 1 saturated carbocycles. The normalized spacial score (nSPS) is 18.7. The van der Waals surface area contributed by atoms with Crippen LogP contribution in [0.1, 0.15) is 63.6 Å². The van der Waals surface area contributed by atoms with Gasteiger partial charge in [-0.05, 0) is 65.2 Å². The number of methoxy groups -OCH3 is 3. The van der Waals surface area contributed by atoms with Gasteiger partial charge in [-0.3, -0.25) is 0 Å². The fourth-order valence-corrected chi connectivity index (χ4v) is 5.49. The first kappa shape index (κ1) is 27.6. The molecule has 0 aliphatic heterocycles. The maximum Gasteiger partial charge on any atom is 0.319 e. The average molecular weight is 527 g/mol. The van der Waals surface area contributed by atoms with Crippen LogP contribution in [0.5, 0.6) is 17.2 Å². The van der Waals surface area contributed by atoms with E-state index in [1.807, 2.05) is 0 Å². The molecular weight excluding hydrogens is 484 g/mol. The van der Waals surface area contributed by atoms with Crippen LogP contribution in [-0.4, -0.2) is 62.5 Å². The smallest absolute Gasteiger partial charge is 0.319 e. The molecule has 2 aromatic rings. The number of aromatic nitrogens is 2. The van der Waals surface area contributed by atoms with Gasteiger partial charge in [-0.1, -0.05) is 0 Å². The summed E-state index contributed by atoms with van der Waals surface area (Å²) in [6.45, 7) is 6.24. The molecule has 208 valence electrons. The highest BCUT2D eigenvalue weighted by Gasteiger charge is 2.25. The molecule has 0 spiro atoms. The molecule has 1 aromatic heterocycles. The van der Waals surface area contributed by atoms with Gasteiger partial charge in [-0.25, -0.2) is 9.78 Å². The predicted octanol–water partition coefficient (Wildman–Crippen LogP) is 4.77. The first-order valence-corrected chi connectivity index (χ1v) is 13.8. The van der Waals surface area contributed by atoms with Crippen LogP contribution in [0.4, 0.5) is 22.2 Å². The standard InChI is InChI=1S/C28H42N6O4/c1-6-34(7-2)26-21-10-8-9-11-22(21)32-27(33-26)29-18-12-14-19(15-13-18)30-28(35)31-20-16-23(36-3)25(38-5)24(17-20)37-4/h16-19H,6-15H2,1-5H3,(H,29,32,33)(H2,30,31,35)/t18-,19+. The van der Waals surface area contributed by atoms with Gasteiger partial charge in [0.2, 0.25) is 11.7 Å². The molecule has 4 rings (SSSR count). The summed E-state index contributed by atoms with van der Waals surface area (Å²) < 4.78 is 16.1. The number of hydrogen-bond acceptors (Lipinski definition) is 8. The number of carbonyl (C=O) groups excluding carboxylic acids is 1. The van der Waals surface area contributed by atoms with E-state index in [9.17, 15) is 4.79 Å². The summed E-state index contributed by atoms with van der Waals surface area (Å²) in [5.41, 5.74) is 3.10. The monoisotopic (exact) mass is 526 g/mol. The lowest BCUT2D eigenvalue weighted by molar-refractivity contribution is 0.243. The Morgan fingerprint density at radius 1 is 0.921 bits per heavy atom. The number of urea groups is 1. The number of ether oxygens (including phenoxy) is 3. The molecule has 0 bridgehead atoms. The van der Waals surface area contributed by atoms with Crippen molar-refractivity contribution in [2.24, 2.45) is 0 Å². The molecule has 3 N–H and O–H groups in total. The van der Waals surface area contributed by atoms with E-state index in [1.165, 1.54) is 24.1 Å². The summed E-state index contributed by atoms with van der Waals surface area (Å²) in [6, 6.07) is 3.57. The van der Waals surface area contributed by atoms with E-state index >= 15 is 0 Å². The van der Waals surface area contributed by atoms with Crippen LogP contribution in [0.2, 0.25) is 0 Å². The van der Waals surface area contributed by atoms with E-state index < -0.39 is 0 Å². The van der Waals surface area contributed by atoms with Crippen LogP contribution >= 0.6 is 0 Å². The Labute approximate surface area is 225 Å². The number of carbonyl (C=O) groups is 1. The molecule has 0 unspecified atom stereocenters. The Morgan fingerprint density at radius 3 is 2.16 bits per heavy atom. The summed E-state index contributed by atoms with van der Waals surface area (Å²) in [4.78, 5) is 25.0. The van der Waals surface area contributed by atoms with Gasteiger partial charge in [0.25, 0.3) is 0 Å². The van der Waals surface area contributed by atoms with Crippen molar-refractivity contribution in [2.75, 3.05) is 50.0 Å². The molecule has 1 heterocycles. The number of aryl methyl sites for hydroxylation is 1. The Balaban J connectivity index is 1.33. The fraction of sp³-hybridized carbons (Fsp3) is 0.607. The summed E-state index contributed by atoms with van der Waals surface area (Å²) in [5, 5.41) is 9.61. The fourth-order valence-electron chi connectivity index (χ4n) is 5.49. The van der Waals surface area contributed by atoms with Crippen molar-refractivity contribution >= 4 is 23.5 Å². The van der Waals surface area contributed by atoms with Crippen LogP contribution in [-0.2, 0) is 12.8 Å². The quantitative estimate of drug-likeness (QED) is 0.406. The molecule has 2 aliphatic carbocycles. The third-order valence-corrected chi connectivity index (χ3v) is 7.54. The van der Waals surface area contributed by atoms with E-state index in [-0.39, 0.29) is 18.1 Å². The molecule has 38 heavy (non-hydrogen) atoms. The highest BCUT2D eigenvalue weighted by atomic mass is 16.5. The number of hydrogen-bond donors (Lipinski definition) is 3. The van der Waals surface area contributed by atoms with Crippen molar-refractivity contribution in [3.05, 3.63) is 23.4 Å². The van der Waals surface area contributed by atoms with E-state index in [2.05, 4.69) is 34.7 Å². The van der Waals surface area contributed by atoms with E-state index in [0.717, 1.165) is 63.4 Å². The van der Waals surface area contributed by atoms with Crippen LogP contribution in [0, 0.1) is 0 Å². The molecule has 2 aliphatic rings. The number of nitrogens with zero attached hydrogens (tertiary/aromatic N) is 3. The SMILES string of the molecule is CCN(CC)c1nc(N[C@H]2CC[C@@H](NC(=O)Nc3cc(OC)c(OC)c(OC)c3)CC2)nc2c1CCCC2. The lowest BCUT2D eigenvalue weighted by Crippen LogP contribution is -2.42. The second-order valence-corrected chi connectivity index (χ2v) is 9.88. The first-order chi connectivity index (χ1) is 18.5. The number of anilines is 3. The Hall–Kier alpha value is -3.43. The van der Waals surface area contributed by atoms with Crippen LogP contribution < -0.4 is 35.1 Å². The van der Waals surface area contributed by atoms with Gasteiger partial charge in [0.15, 0.2) is 11.5 Å². The number of benzene rings is 1. The van der Waals surface area contributed by atoms with Crippen molar-refractivity contribution in [2.45, 2.75) is 77.3 Å². The average Bonchev–Trinajstić information content (AvgIpc) is 2.94. The van der Waals surface area contributed by atoms with Gasteiger partial charge < -0.3 is 35.1 Å². The largest absolute Gasteiger partial charge is 0.493 e. The van der Waals surface area contributed by atoms with Gasteiger partial charge in [-0.15, -0.1) is 0 Å². The second-order valence-electron chi connectivity index (χ2n) is 9.88. The lowest BCUT2D eigenvalue weighted by atomic mass is 9.91. The topological polar surface area (TPSA) is 110 Å². The second kappa shape index (κ2) is 12.9. The Morgan fingerprint density at radius 2 is 1.55 bits per heavy atom. The molecule has 2 amide bonds. The third-order valence-electron chi connectivity index (χ3n) is 7.54.